The molecule has 0 aliphatic heterocycles. The smallest absolute Gasteiger partial charge is 0.0979 e. The zero-order chi connectivity index (χ0) is 55.5. The molecule has 0 saturated carbocycles. The normalized spacial score (nSPS) is 11.6. The lowest BCUT2D eigenvalue weighted by Gasteiger charge is -2.13. The van der Waals surface area contributed by atoms with Crippen molar-refractivity contribution in [2.24, 2.45) is 0 Å². The minimum absolute atomic E-state index is 0.948. The lowest BCUT2D eigenvalue weighted by Crippen LogP contribution is -1.97. The SMILES string of the molecule is Cc1nc2c3ccccc3c3ccccc3c2nc1-c1ccc2ccccc2c1.Cc1nc2c3ccccc3c3ccccc3c2nc1-c1cccc2ccccc12.Cc1nc2c3ccccc3c3ccccc3c2nc1-c1ccccc1. The van der Waals surface area contributed by atoms with Gasteiger partial charge in [-0.1, -0.05) is 255 Å². The molecule has 3 aromatic heterocycles. The molecule has 0 spiro atoms. The molecule has 17 aromatic rings. The highest BCUT2D eigenvalue weighted by molar-refractivity contribution is 6.25. The molecule has 0 N–H and O–H groups in total. The largest absolute Gasteiger partial charge is 0.249 e. The minimum Gasteiger partial charge on any atom is -0.249 e. The van der Waals surface area contributed by atoms with E-state index >= 15 is 0 Å². The van der Waals surface area contributed by atoms with Crippen molar-refractivity contribution in [2.75, 3.05) is 0 Å². The molecule has 17 rings (SSSR count). The molecule has 0 aliphatic rings. The summed E-state index contributed by atoms with van der Waals surface area (Å²) in [6, 6.07) is 91.0. The van der Waals surface area contributed by atoms with Crippen LogP contribution in [0.25, 0.3) is 153 Å². The molecule has 390 valence electrons. The molecule has 0 fully saturated rings. The third-order valence-electron chi connectivity index (χ3n) is 16.3. The number of rotatable bonds is 3. The van der Waals surface area contributed by atoms with E-state index < -0.39 is 0 Å². The summed E-state index contributed by atoms with van der Waals surface area (Å²) in [7, 11) is 0. The van der Waals surface area contributed by atoms with E-state index in [1.165, 1.54) is 53.9 Å². The lowest BCUT2D eigenvalue weighted by molar-refractivity contribution is 1.20. The maximum atomic E-state index is 5.21. The molecule has 0 saturated heterocycles. The van der Waals surface area contributed by atoms with E-state index in [-0.39, 0.29) is 0 Å². The molecule has 0 bridgehead atoms. The van der Waals surface area contributed by atoms with Gasteiger partial charge in [-0.15, -0.1) is 0 Å². The fourth-order valence-corrected chi connectivity index (χ4v) is 12.4. The summed E-state index contributed by atoms with van der Waals surface area (Å²) in [4.78, 5) is 30.5. The molecule has 0 atom stereocenters. The van der Waals surface area contributed by atoms with E-state index in [1.807, 2.05) is 25.1 Å². The Kier molecular flexibility index (Phi) is 12.1. The van der Waals surface area contributed by atoms with Crippen LogP contribution in [0.4, 0.5) is 0 Å². The second kappa shape index (κ2) is 20.4. The molecule has 0 aliphatic carbocycles. The topological polar surface area (TPSA) is 77.3 Å². The van der Waals surface area contributed by atoms with Crippen LogP contribution in [0.15, 0.2) is 261 Å². The quantitative estimate of drug-likeness (QED) is 0.164. The molecular formula is C77H52N6. The number of benzene rings is 14. The Morgan fingerprint density at radius 3 is 0.928 bits per heavy atom. The van der Waals surface area contributed by atoms with Crippen LogP contribution >= 0.6 is 0 Å². The van der Waals surface area contributed by atoms with E-state index in [9.17, 15) is 0 Å². The highest BCUT2D eigenvalue weighted by atomic mass is 14.8. The highest BCUT2D eigenvalue weighted by Gasteiger charge is 2.19. The standard InChI is InChI=1S/2C27H18N2.C23H16N2/c1-17-25(22-16-8-10-18-9-2-3-11-19(18)22)29-27-24-15-7-5-13-21(24)20-12-4-6-14-23(20)26(27)28-17;1-17-25(20-15-14-18-8-2-3-9-19(18)16-20)29-27-24-13-7-5-11-22(24)21-10-4-6-12-23(21)26(27)28-17;1-15-21(16-9-3-2-4-10-16)25-23-20-14-8-6-12-18(20)17-11-5-7-13-19(17)22(23)24-15/h2*2-16H,1H3;2-14H,1H3. The molecule has 14 aromatic carbocycles. The Labute approximate surface area is 479 Å². The molecule has 6 heteroatoms. The van der Waals surface area contributed by atoms with Crippen LogP contribution in [0.2, 0.25) is 0 Å². The van der Waals surface area contributed by atoms with E-state index in [0.29, 0.717) is 0 Å². The molecule has 6 nitrogen and oxygen atoms in total. The first-order valence-corrected chi connectivity index (χ1v) is 28.2. The minimum atomic E-state index is 0.948. The van der Waals surface area contributed by atoms with Crippen molar-refractivity contribution >= 4 is 119 Å². The maximum absolute atomic E-state index is 5.21. The van der Waals surface area contributed by atoms with Crippen molar-refractivity contribution in [1.29, 1.82) is 0 Å². The van der Waals surface area contributed by atoms with Gasteiger partial charge in [-0.3, -0.25) is 0 Å². The molecule has 0 unspecified atom stereocenters. The number of hydrogen-bond donors (Lipinski definition) is 0. The number of hydrogen-bond acceptors (Lipinski definition) is 6. The van der Waals surface area contributed by atoms with Crippen molar-refractivity contribution in [3.63, 3.8) is 0 Å². The third-order valence-corrected chi connectivity index (χ3v) is 16.3. The van der Waals surface area contributed by atoms with Crippen LogP contribution in [0.5, 0.6) is 0 Å². The summed E-state index contributed by atoms with van der Waals surface area (Å²) >= 11 is 0. The van der Waals surface area contributed by atoms with Gasteiger partial charge in [0.2, 0.25) is 0 Å². The molecule has 0 radical (unpaired) electrons. The number of nitrogens with zero attached hydrogens (tertiary/aromatic N) is 6. The Bertz CT molecular complexity index is 5430. The molecule has 83 heavy (non-hydrogen) atoms. The lowest BCUT2D eigenvalue weighted by atomic mass is 9.98. The Morgan fingerprint density at radius 2 is 0.494 bits per heavy atom. The highest BCUT2D eigenvalue weighted by Crippen LogP contribution is 2.39. The van der Waals surface area contributed by atoms with Gasteiger partial charge in [-0.2, -0.15) is 0 Å². The van der Waals surface area contributed by atoms with Crippen LogP contribution in [-0.4, -0.2) is 29.9 Å². The van der Waals surface area contributed by atoms with E-state index in [1.54, 1.807) is 0 Å². The van der Waals surface area contributed by atoms with E-state index in [0.717, 1.165) is 116 Å². The predicted molar refractivity (Wildman–Crippen MR) is 349 cm³/mol. The summed E-state index contributed by atoms with van der Waals surface area (Å²) in [5.74, 6) is 0. The van der Waals surface area contributed by atoms with Crippen LogP contribution in [0.1, 0.15) is 17.1 Å². The maximum Gasteiger partial charge on any atom is 0.0979 e. The predicted octanol–water partition coefficient (Wildman–Crippen LogP) is 20.0. The van der Waals surface area contributed by atoms with Crippen molar-refractivity contribution < 1.29 is 0 Å². The summed E-state index contributed by atoms with van der Waals surface area (Å²) in [6.07, 6.45) is 0. The third kappa shape index (κ3) is 8.50. The van der Waals surface area contributed by atoms with E-state index in [2.05, 4.69) is 257 Å². The number of fused-ring (bicyclic) bond motifs is 20. The second-order valence-electron chi connectivity index (χ2n) is 21.3. The Hall–Kier alpha value is -10.8. The Morgan fingerprint density at radius 1 is 0.193 bits per heavy atom. The van der Waals surface area contributed by atoms with Gasteiger partial charge in [0.05, 0.1) is 67.3 Å². The monoisotopic (exact) mass is 1060 g/mol. The summed E-state index contributed by atoms with van der Waals surface area (Å²) in [5.41, 5.74) is 14.9. The second-order valence-corrected chi connectivity index (χ2v) is 21.3. The zero-order valence-electron chi connectivity index (χ0n) is 46.0. The summed E-state index contributed by atoms with van der Waals surface area (Å²) in [6.45, 7) is 6.16. The van der Waals surface area contributed by atoms with E-state index in [4.69, 9.17) is 29.9 Å². The average molecular weight is 1060 g/mol. The number of aryl methyl sites for hydroxylation is 3. The van der Waals surface area contributed by atoms with Crippen LogP contribution in [0.3, 0.4) is 0 Å². The first-order chi connectivity index (χ1) is 40.9. The summed E-state index contributed by atoms with van der Waals surface area (Å²) < 4.78 is 0. The van der Waals surface area contributed by atoms with Gasteiger partial charge in [0.15, 0.2) is 0 Å². The van der Waals surface area contributed by atoms with Gasteiger partial charge >= 0.3 is 0 Å². The fourth-order valence-electron chi connectivity index (χ4n) is 12.4. The van der Waals surface area contributed by atoms with Gasteiger partial charge in [0.1, 0.15) is 0 Å². The van der Waals surface area contributed by atoms with Gasteiger partial charge < -0.3 is 0 Å². The molecule has 3 heterocycles. The van der Waals surface area contributed by atoms with Gasteiger partial charge in [-0.25, -0.2) is 29.9 Å². The van der Waals surface area contributed by atoms with Crippen LogP contribution in [-0.2, 0) is 0 Å². The fraction of sp³-hybridized carbons (Fsp3) is 0.0390. The van der Waals surface area contributed by atoms with Crippen molar-refractivity contribution in [3.8, 4) is 33.8 Å². The van der Waals surface area contributed by atoms with Crippen molar-refractivity contribution in [3.05, 3.63) is 278 Å². The Balaban J connectivity index is 0.000000107. The van der Waals surface area contributed by atoms with Crippen LogP contribution < -0.4 is 0 Å². The molecular weight excluding hydrogens is 1010 g/mol. The first kappa shape index (κ1) is 49.2. The zero-order valence-corrected chi connectivity index (χ0v) is 46.0. The van der Waals surface area contributed by atoms with Gasteiger partial charge in [0.25, 0.3) is 0 Å². The van der Waals surface area contributed by atoms with Gasteiger partial charge in [0, 0.05) is 49.0 Å². The van der Waals surface area contributed by atoms with Crippen molar-refractivity contribution in [2.45, 2.75) is 20.8 Å². The van der Waals surface area contributed by atoms with Gasteiger partial charge in [-0.05, 0) is 80.7 Å². The average Bonchev–Trinajstić information content (AvgIpc) is 3.57. The van der Waals surface area contributed by atoms with Crippen molar-refractivity contribution in [1.82, 2.24) is 29.9 Å². The number of aromatic nitrogens is 6. The first-order valence-electron chi connectivity index (χ1n) is 28.2. The van der Waals surface area contributed by atoms with Crippen LogP contribution in [0, 0.1) is 20.8 Å². The summed E-state index contributed by atoms with van der Waals surface area (Å²) in [5, 5.41) is 19.1. The molecule has 0 amide bonds.